The van der Waals surface area contributed by atoms with Crippen LogP contribution in [0.3, 0.4) is 0 Å². The van der Waals surface area contributed by atoms with Crippen LogP contribution in [0.5, 0.6) is 0 Å². The largest absolute Gasteiger partial charge is 0.338 e. The summed E-state index contributed by atoms with van der Waals surface area (Å²) in [6, 6.07) is 10.6. The van der Waals surface area contributed by atoms with Crippen LogP contribution in [0.1, 0.15) is 50.6 Å². The minimum atomic E-state index is -0.0905. The summed E-state index contributed by atoms with van der Waals surface area (Å²) < 4.78 is 2.06. The van der Waals surface area contributed by atoms with Crippen molar-refractivity contribution >= 4 is 22.4 Å². The van der Waals surface area contributed by atoms with Crippen molar-refractivity contribution in [3.05, 3.63) is 52.4 Å². The number of anilines is 2. The van der Waals surface area contributed by atoms with Crippen LogP contribution in [0.15, 0.2) is 41.3 Å². The first-order valence-corrected chi connectivity index (χ1v) is 9.22. The number of rotatable bonds is 4. The van der Waals surface area contributed by atoms with Gasteiger partial charge in [0.15, 0.2) is 5.82 Å². The molecule has 5 nitrogen and oxygen atoms in total. The molecule has 130 valence electrons. The number of nitrogens with zero attached hydrogens (tertiary/aromatic N) is 2. The number of nitrogens with one attached hydrogen (secondary N) is 2. The Bertz CT molecular complexity index is 917. The van der Waals surface area contributed by atoms with Gasteiger partial charge in [-0.2, -0.15) is 5.10 Å². The van der Waals surface area contributed by atoms with Crippen LogP contribution in [-0.4, -0.2) is 14.8 Å². The van der Waals surface area contributed by atoms with Gasteiger partial charge in [-0.25, -0.2) is 0 Å². The van der Waals surface area contributed by atoms with E-state index in [1.54, 1.807) is 6.20 Å². The number of aryl methyl sites for hydroxylation is 1. The maximum atomic E-state index is 12.4. The highest BCUT2D eigenvalue weighted by atomic mass is 16.1. The van der Waals surface area contributed by atoms with Crippen molar-refractivity contribution < 1.29 is 0 Å². The molecule has 0 bridgehead atoms. The maximum absolute atomic E-state index is 12.4. The third kappa shape index (κ3) is 3.06. The molecule has 0 spiro atoms. The molecule has 0 unspecified atom stereocenters. The van der Waals surface area contributed by atoms with E-state index < -0.39 is 0 Å². The van der Waals surface area contributed by atoms with E-state index in [0.717, 1.165) is 30.5 Å². The van der Waals surface area contributed by atoms with Crippen LogP contribution < -0.4 is 10.9 Å². The van der Waals surface area contributed by atoms with Crippen LogP contribution in [-0.2, 0) is 6.42 Å². The Morgan fingerprint density at radius 3 is 2.64 bits per heavy atom. The SMILES string of the molecule is CCc1ccc(Nc2nn(C3CCCCC3)c3cc[nH]c(=O)c23)cc1. The monoisotopic (exact) mass is 336 g/mol. The second-order valence-corrected chi connectivity index (χ2v) is 6.83. The van der Waals surface area contributed by atoms with Gasteiger partial charge >= 0.3 is 0 Å². The zero-order valence-corrected chi connectivity index (χ0v) is 14.6. The van der Waals surface area contributed by atoms with Crippen LogP contribution >= 0.6 is 0 Å². The minimum absolute atomic E-state index is 0.0905. The van der Waals surface area contributed by atoms with Crippen molar-refractivity contribution in [3.8, 4) is 0 Å². The van der Waals surface area contributed by atoms with Gasteiger partial charge in [0.2, 0.25) is 0 Å². The number of hydrogen-bond acceptors (Lipinski definition) is 3. The lowest BCUT2D eigenvalue weighted by atomic mass is 9.95. The molecule has 3 aromatic rings. The first kappa shape index (κ1) is 15.9. The molecule has 1 aliphatic rings. The molecule has 1 aliphatic carbocycles. The van der Waals surface area contributed by atoms with E-state index in [1.165, 1.54) is 24.8 Å². The molecule has 0 saturated heterocycles. The summed E-state index contributed by atoms with van der Waals surface area (Å²) in [7, 11) is 0. The average molecular weight is 336 g/mol. The summed E-state index contributed by atoms with van der Waals surface area (Å²) in [4.78, 5) is 15.2. The smallest absolute Gasteiger partial charge is 0.261 e. The second kappa shape index (κ2) is 6.75. The summed E-state index contributed by atoms with van der Waals surface area (Å²) in [6.07, 6.45) is 8.76. The van der Waals surface area contributed by atoms with Crippen molar-refractivity contribution in [3.63, 3.8) is 0 Å². The van der Waals surface area contributed by atoms with Gasteiger partial charge in [0.1, 0.15) is 5.39 Å². The van der Waals surface area contributed by atoms with Gasteiger partial charge in [-0.1, -0.05) is 38.3 Å². The number of fused-ring (bicyclic) bond motifs is 1. The lowest BCUT2D eigenvalue weighted by Gasteiger charge is -2.22. The van der Waals surface area contributed by atoms with E-state index in [2.05, 4.69) is 34.0 Å². The fourth-order valence-corrected chi connectivity index (χ4v) is 3.75. The number of aromatic nitrogens is 3. The van der Waals surface area contributed by atoms with Crippen LogP contribution in [0, 0.1) is 0 Å². The highest BCUT2D eigenvalue weighted by molar-refractivity contribution is 5.91. The summed E-state index contributed by atoms with van der Waals surface area (Å²) in [6.45, 7) is 2.14. The summed E-state index contributed by atoms with van der Waals surface area (Å²) in [5.41, 5.74) is 3.08. The first-order valence-electron chi connectivity index (χ1n) is 9.22. The molecule has 5 heteroatoms. The molecule has 1 fully saturated rings. The van der Waals surface area contributed by atoms with E-state index in [1.807, 2.05) is 18.2 Å². The molecule has 1 aromatic carbocycles. The minimum Gasteiger partial charge on any atom is -0.338 e. The number of aromatic amines is 1. The van der Waals surface area contributed by atoms with Gasteiger partial charge in [-0.05, 0) is 43.0 Å². The predicted molar refractivity (Wildman–Crippen MR) is 102 cm³/mol. The number of benzene rings is 1. The Morgan fingerprint density at radius 1 is 1.16 bits per heavy atom. The van der Waals surface area contributed by atoms with Crippen LogP contribution in [0.4, 0.5) is 11.5 Å². The van der Waals surface area contributed by atoms with E-state index >= 15 is 0 Å². The Balaban J connectivity index is 1.75. The lowest BCUT2D eigenvalue weighted by molar-refractivity contribution is 0.338. The lowest BCUT2D eigenvalue weighted by Crippen LogP contribution is -2.14. The average Bonchev–Trinajstić information content (AvgIpc) is 3.03. The molecule has 2 aromatic heterocycles. The molecule has 4 rings (SSSR count). The van der Waals surface area contributed by atoms with Gasteiger partial charge < -0.3 is 10.3 Å². The quantitative estimate of drug-likeness (QED) is 0.735. The molecule has 2 heterocycles. The fourth-order valence-electron chi connectivity index (χ4n) is 3.75. The first-order chi connectivity index (χ1) is 12.3. The fraction of sp³-hybridized carbons (Fsp3) is 0.400. The maximum Gasteiger partial charge on any atom is 0.261 e. The van der Waals surface area contributed by atoms with Crippen molar-refractivity contribution in [2.45, 2.75) is 51.5 Å². The molecule has 0 radical (unpaired) electrons. The molecular weight excluding hydrogens is 312 g/mol. The molecule has 0 atom stereocenters. The second-order valence-electron chi connectivity index (χ2n) is 6.83. The standard InChI is InChI=1S/C20H24N4O/c1-2-14-8-10-15(11-9-14)22-19-18-17(12-13-21-20(18)25)24(23-19)16-6-4-3-5-7-16/h8-13,16H,2-7H2,1H3,(H,21,25)(H,22,23). The van der Waals surface area contributed by atoms with Crippen LogP contribution in [0.25, 0.3) is 10.9 Å². The topological polar surface area (TPSA) is 62.7 Å². The van der Waals surface area contributed by atoms with Gasteiger partial charge in [0.25, 0.3) is 5.56 Å². The molecule has 2 N–H and O–H groups in total. The Kier molecular flexibility index (Phi) is 4.30. The zero-order valence-electron chi connectivity index (χ0n) is 14.6. The third-order valence-electron chi connectivity index (χ3n) is 5.18. The normalized spacial score (nSPS) is 15.6. The van der Waals surface area contributed by atoms with Gasteiger partial charge in [-0.3, -0.25) is 9.48 Å². The Hall–Kier alpha value is -2.56. The predicted octanol–water partition coefficient (Wildman–Crippen LogP) is 4.54. The zero-order chi connectivity index (χ0) is 17.2. The Morgan fingerprint density at radius 2 is 1.92 bits per heavy atom. The molecule has 0 aliphatic heterocycles. The highest BCUT2D eigenvalue weighted by Gasteiger charge is 2.21. The molecule has 0 amide bonds. The molecular formula is C20H24N4O. The molecule has 25 heavy (non-hydrogen) atoms. The third-order valence-corrected chi connectivity index (χ3v) is 5.18. The summed E-state index contributed by atoms with van der Waals surface area (Å²) in [5.74, 6) is 0.645. The summed E-state index contributed by atoms with van der Waals surface area (Å²) >= 11 is 0. The Labute approximate surface area is 147 Å². The molecule has 1 saturated carbocycles. The number of H-pyrrole nitrogens is 1. The van der Waals surface area contributed by atoms with Crippen molar-refractivity contribution in [1.82, 2.24) is 14.8 Å². The summed E-state index contributed by atoms with van der Waals surface area (Å²) in [5, 5.41) is 8.79. The van der Waals surface area contributed by atoms with E-state index in [4.69, 9.17) is 5.10 Å². The van der Waals surface area contributed by atoms with Gasteiger partial charge in [-0.15, -0.1) is 0 Å². The van der Waals surface area contributed by atoms with E-state index in [0.29, 0.717) is 17.2 Å². The van der Waals surface area contributed by atoms with Crippen molar-refractivity contribution in [2.75, 3.05) is 5.32 Å². The van der Waals surface area contributed by atoms with E-state index in [-0.39, 0.29) is 5.56 Å². The van der Waals surface area contributed by atoms with Gasteiger partial charge in [0.05, 0.1) is 11.6 Å². The number of pyridine rings is 1. The van der Waals surface area contributed by atoms with Crippen molar-refractivity contribution in [1.29, 1.82) is 0 Å². The highest BCUT2D eigenvalue weighted by Crippen LogP contribution is 2.32. The van der Waals surface area contributed by atoms with Crippen LogP contribution in [0.2, 0.25) is 0 Å². The number of hydrogen-bond donors (Lipinski definition) is 2. The van der Waals surface area contributed by atoms with Gasteiger partial charge in [0, 0.05) is 11.9 Å². The van der Waals surface area contributed by atoms with Crippen molar-refractivity contribution in [2.24, 2.45) is 0 Å². The van der Waals surface area contributed by atoms with E-state index in [9.17, 15) is 4.79 Å².